The van der Waals surface area contributed by atoms with Crippen LogP contribution in [-0.4, -0.2) is 23.0 Å². The van der Waals surface area contributed by atoms with Gasteiger partial charge in [-0.05, 0) is 34.5 Å². The largest absolute Gasteiger partial charge is 0.404 e. The van der Waals surface area contributed by atoms with Gasteiger partial charge in [0.15, 0.2) is 5.69 Å². The van der Waals surface area contributed by atoms with E-state index in [1.165, 1.54) is 6.20 Å². The van der Waals surface area contributed by atoms with Crippen LogP contribution in [-0.2, 0) is 6.54 Å². The molecule has 0 unspecified atom stereocenters. The van der Waals surface area contributed by atoms with E-state index >= 15 is 0 Å². The van der Waals surface area contributed by atoms with Gasteiger partial charge in [-0.1, -0.05) is 41.9 Å². The van der Waals surface area contributed by atoms with E-state index in [-0.39, 0.29) is 12.1 Å². The summed E-state index contributed by atoms with van der Waals surface area (Å²) in [6.07, 6.45) is 1.42. The van der Waals surface area contributed by atoms with Crippen molar-refractivity contribution in [1.82, 2.24) is 10.2 Å². The lowest BCUT2D eigenvalue weighted by molar-refractivity contribution is 0.900. The van der Waals surface area contributed by atoms with Crippen molar-refractivity contribution in [1.29, 1.82) is 0 Å². The zero-order valence-corrected chi connectivity index (χ0v) is 17.9. The van der Waals surface area contributed by atoms with E-state index in [2.05, 4.69) is 20.0 Å². The lowest BCUT2D eigenvalue weighted by Crippen LogP contribution is -2.14. The van der Waals surface area contributed by atoms with Crippen molar-refractivity contribution in [3.63, 3.8) is 0 Å². The number of fused-ring (bicyclic) bond motifs is 2. The van der Waals surface area contributed by atoms with Crippen LogP contribution >= 0.6 is 11.6 Å². The van der Waals surface area contributed by atoms with Crippen LogP contribution in [0.5, 0.6) is 0 Å². The van der Waals surface area contributed by atoms with Gasteiger partial charge >= 0.3 is 0 Å². The number of H-pyrrole nitrogens is 1. The molecule has 0 amide bonds. The molecule has 8 heteroatoms. The molecule has 7 nitrogen and oxygen atoms in total. The van der Waals surface area contributed by atoms with Crippen LogP contribution in [0.1, 0.15) is 16.8 Å². The van der Waals surface area contributed by atoms with Crippen molar-refractivity contribution in [2.75, 3.05) is 7.05 Å². The Bertz CT molecular complexity index is 1530. The zero-order valence-electron chi connectivity index (χ0n) is 17.2. The zero-order chi connectivity index (χ0) is 22.8. The van der Waals surface area contributed by atoms with Gasteiger partial charge in [0.2, 0.25) is 0 Å². The highest BCUT2D eigenvalue weighted by molar-refractivity contribution is 6.45. The number of aliphatic imine (C=N–C) groups is 1. The number of hydrogen-bond acceptors (Lipinski definition) is 5. The molecule has 0 aliphatic rings. The Balaban J connectivity index is 1.97. The van der Waals surface area contributed by atoms with E-state index in [0.29, 0.717) is 49.6 Å². The monoisotopic (exact) mass is 442 g/mol. The maximum Gasteiger partial charge on any atom is 0.272 e. The maximum absolute atomic E-state index is 12.2. The van der Waals surface area contributed by atoms with E-state index in [1.54, 1.807) is 31.3 Å². The van der Waals surface area contributed by atoms with Crippen molar-refractivity contribution in [3.8, 4) is 0 Å². The number of nitrogens with one attached hydrogen (secondary N) is 1. The second kappa shape index (κ2) is 8.63. The summed E-state index contributed by atoms with van der Waals surface area (Å²) in [5, 5.41) is 9.70. The first-order valence-electron chi connectivity index (χ1n) is 9.73. The summed E-state index contributed by atoms with van der Waals surface area (Å²) >= 11 is 6.79. The number of aromatic amines is 1. The van der Waals surface area contributed by atoms with Crippen LogP contribution in [0, 0.1) is 6.57 Å². The summed E-state index contributed by atoms with van der Waals surface area (Å²) in [6, 6.07) is 14.6. The highest BCUT2D eigenvalue weighted by Gasteiger charge is 2.21. The molecule has 0 aliphatic heterocycles. The van der Waals surface area contributed by atoms with Crippen molar-refractivity contribution in [2.45, 2.75) is 6.54 Å². The second-order valence-corrected chi connectivity index (χ2v) is 7.41. The molecule has 0 fully saturated rings. The number of nitrogens with two attached hydrogens (primary N) is 2. The molecule has 0 saturated heterocycles. The third kappa shape index (κ3) is 3.42. The van der Waals surface area contributed by atoms with Gasteiger partial charge in [0, 0.05) is 41.3 Å². The fourth-order valence-electron chi connectivity index (χ4n) is 3.82. The van der Waals surface area contributed by atoms with Gasteiger partial charge in [-0.3, -0.25) is 9.79 Å². The fraction of sp³-hybridized carbons (Fsp3) is 0.0833. The van der Waals surface area contributed by atoms with Crippen LogP contribution < -0.4 is 17.0 Å². The summed E-state index contributed by atoms with van der Waals surface area (Å²) in [6.45, 7) is 7.87. The highest BCUT2D eigenvalue weighted by Crippen LogP contribution is 2.38. The highest BCUT2D eigenvalue weighted by atomic mass is 35.5. The van der Waals surface area contributed by atoms with E-state index in [1.807, 2.05) is 24.3 Å². The Morgan fingerprint density at radius 3 is 2.69 bits per heavy atom. The van der Waals surface area contributed by atoms with Crippen molar-refractivity contribution < 1.29 is 0 Å². The number of hydrogen-bond donors (Lipinski definition) is 3. The number of allylic oxidation sites excluding steroid dienone is 1. The van der Waals surface area contributed by atoms with Crippen molar-refractivity contribution in [3.05, 3.63) is 98.3 Å². The summed E-state index contributed by atoms with van der Waals surface area (Å²) in [5.41, 5.74) is 14.7. The smallest absolute Gasteiger partial charge is 0.272 e. The molecule has 32 heavy (non-hydrogen) atoms. The molecule has 0 bridgehead atoms. The van der Waals surface area contributed by atoms with Crippen LogP contribution in [0.3, 0.4) is 0 Å². The quantitative estimate of drug-likeness (QED) is 0.325. The first kappa shape index (κ1) is 21.2. The fourth-order valence-corrected chi connectivity index (χ4v) is 4.18. The van der Waals surface area contributed by atoms with E-state index in [4.69, 9.17) is 29.6 Å². The molecule has 0 atom stereocenters. The normalized spacial score (nSPS) is 12.3. The predicted molar refractivity (Wildman–Crippen MR) is 130 cm³/mol. The Kier molecular flexibility index (Phi) is 5.73. The van der Waals surface area contributed by atoms with Gasteiger partial charge in [-0.25, -0.2) is 9.94 Å². The molecule has 1 heterocycles. The van der Waals surface area contributed by atoms with E-state index < -0.39 is 0 Å². The summed E-state index contributed by atoms with van der Waals surface area (Å²) in [4.78, 5) is 20.3. The topological polar surface area (TPSA) is 115 Å². The van der Waals surface area contributed by atoms with E-state index in [0.717, 1.165) is 10.8 Å². The lowest BCUT2D eigenvalue weighted by atomic mass is 9.92. The standard InChI is InChI=1S/C24H19ClN6O/c1-28-19-10-13-5-3-4-6-15(13)22(25)21(19)23(29-2)18(11-26)14-7-8-16-17(9-14)20(12-27)30-31-24(16)32/h3-11H,12,26-27H2,2H3,(H,31,32)/b18-11-,29-23?. The maximum atomic E-state index is 12.2. The minimum absolute atomic E-state index is 0.158. The summed E-state index contributed by atoms with van der Waals surface area (Å²) in [5.74, 6) is 0. The average molecular weight is 443 g/mol. The SMILES string of the molecule is [C-]#[N+]c1cc2ccccc2c(Cl)c1C(=NC)/C(=C\N)c1ccc2c(=O)[nH]nc(CN)c2c1. The number of rotatable bonds is 4. The Morgan fingerprint density at radius 2 is 2.00 bits per heavy atom. The number of nitrogens with zero attached hydrogens (tertiary/aromatic N) is 3. The number of benzene rings is 3. The van der Waals surface area contributed by atoms with Gasteiger partial charge in [0.25, 0.3) is 5.56 Å². The van der Waals surface area contributed by atoms with Crippen LogP contribution in [0.25, 0.3) is 32.0 Å². The summed E-state index contributed by atoms with van der Waals surface area (Å²) in [7, 11) is 1.62. The van der Waals surface area contributed by atoms with Crippen molar-refractivity contribution >= 4 is 50.1 Å². The van der Waals surface area contributed by atoms with E-state index in [9.17, 15) is 4.79 Å². The molecule has 0 saturated carbocycles. The van der Waals surface area contributed by atoms with Crippen molar-refractivity contribution in [2.24, 2.45) is 16.5 Å². The average Bonchev–Trinajstić information content (AvgIpc) is 2.83. The molecule has 158 valence electrons. The first-order chi connectivity index (χ1) is 15.5. The molecular formula is C24H19ClN6O. The summed E-state index contributed by atoms with van der Waals surface area (Å²) < 4.78 is 0. The molecule has 1 aromatic heterocycles. The van der Waals surface area contributed by atoms with Gasteiger partial charge in [0.1, 0.15) is 0 Å². The Morgan fingerprint density at radius 1 is 1.22 bits per heavy atom. The van der Waals surface area contributed by atoms with Crippen LogP contribution in [0.15, 0.2) is 64.5 Å². The van der Waals surface area contributed by atoms with Crippen LogP contribution in [0.2, 0.25) is 5.02 Å². The number of aromatic nitrogens is 2. The minimum Gasteiger partial charge on any atom is -0.404 e. The third-order valence-electron chi connectivity index (χ3n) is 5.34. The molecule has 3 aromatic carbocycles. The molecule has 4 rings (SSSR count). The van der Waals surface area contributed by atoms with Crippen LogP contribution in [0.4, 0.5) is 5.69 Å². The molecule has 4 aromatic rings. The molecule has 0 spiro atoms. The minimum atomic E-state index is -0.306. The number of halogens is 1. The predicted octanol–water partition coefficient (Wildman–Crippen LogP) is 4.16. The second-order valence-electron chi connectivity index (χ2n) is 7.03. The Labute approximate surface area is 188 Å². The Hall–Kier alpha value is -3.99. The molecular weight excluding hydrogens is 424 g/mol. The molecule has 5 N–H and O–H groups in total. The molecule has 0 radical (unpaired) electrons. The molecule has 0 aliphatic carbocycles. The van der Waals surface area contributed by atoms with Gasteiger partial charge in [-0.2, -0.15) is 5.10 Å². The lowest BCUT2D eigenvalue weighted by Gasteiger charge is -2.16. The van der Waals surface area contributed by atoms with Gasteiger partial charge < -0.3 is 11.5 Å². The van der Waals surface area contributed by atoms with Gasteiger partial charge in [-0.15, -0.1) is 0 Å². The first-order valence-corrected chi connectivity index (χ1v) is 10.1. The third-order valence-corrected chi connectivity index (χ3v) is 5.73. The van der Waals surface area contributed by atoms with Gasteiger partial charge in [0.05, 0.1) is 23.4 Å².